The predicted molar refractivity (Wildman–Crippen MR) is 110 cm³/mol. The van der Waals surface area contributed by atoms with Gasteiger partial charge in [-0.1, -0.05) is 37.1 Å². The summed E-state index contributed by atoms with van der Waals surface area (Å²) in [6, 6.07) is 12.0. The third-order valence-electron chi connectivity index (χ3n) is 4.58. The zero-order chi connectivity index (χ0) is 22.5. The Morgan fingerprint density at radius 1 is 1.07 bits per heavy atom. The maximum Gasteiger partial charge on any atom is 0.406 e. The molecule has 0 heterocycles. The van der Waals surface area contributed by atoms with Gasteiger partial charge >= 0.3 is 6.18 Å². The minimum atomic E-state index is -4.54. The molecule has 30 heavy (non-hydrogen) atoms. The summed E-state index contributed by atoms with van der Waals surface area (Å²) in [5.74, 6) is -0.851. The van der Waals surface area contributed by atoms with Gasteiger partial charge in [-0.3, -0.25) is 9.10 Å². The molecule has 0 atom stereocenters. The van der Waals surface area contributed by atoms with E-state index in [9.17, 15) is 26.4 Å². The molecule has 0 saturated carbocycles. The Morgan fingerprint density at radius 2 is 1.70 bits per heavy atom. The quantitative estimate of drug-likeness (QED) is 0.599. The number of hydrogen-bond acceptors (Lipinski definition) is 3. The highest BCUT2D eigenvalue weighted by molar-refractivity contribution is 7.92. The van der Waals surface area contributed by atoms with Gasteiger partial charge in [0.25, 0.3) is 15.9 Å². The first-order chi connectivity index (χ1) is 14.0. The molecule has 2 aromatic carbocycles. The summed E-state index contributed by atoms with van der Waals surface area (Å²) in [7, 11) is -2.62. The SMILES string of the molecule is CCCCN(CC(F)(F)F)C(=O)c1cccc(S(=O)(=O)N(C)c2ccc(C)cc2)c1. The Labute approximate surface area is 175 Å². The lowest BCUT2D eigenvalue weighted by Crippen LogP contribution is -2.39. The van der Waals surface area contributed by atoms with Crippen LogP contribution in [0.5, 0.6) is 0 Å². The van der Waals surface area contributed by atoms with Crippen molar-refractivity contribution in [1.29, 1.82) is 0 Å². The molecular weight excluding hydrogens is 417 g/mol. The minimum Gasteiger partial charge on any atom is -0.330 e. The summed E-state index contributed by atoms with van der Waals surface area (Å²) in [5, 5.41) is 0. The summed E-state index contributed by atoms with van der Waals surface area (Å²) < 4.78 is 65.7. The van der Waals surface area contributed by atoms with Crippen LogP contribution in [0.15, 0.2) is 53.4 Å². The fraction of sp³-hybridized carbons (Fsp3) is 0.381. The van der Waals surface area contributed by atoms with E-state index in [1.807, 2.05) is 13.8 Å². The highest BCUT2D eigenvalue weighted by Gasteiger charge is 2.33. The largest absolute Gasteiger partial charge is 0.406 e. The molecule has 0 N–H and O–H groups in total. The Kier molecular flexibility index (Phi) is 7.52. The molecule has 0 spiro atoms. The lowest BCUT2D eigenvalue weighted by atomic mass is 10.2. The molecule has 1 amide bonds. The molecule has 0 radical (unpaired) electrons. The lowest BCUT2D eigenvalue weighted by molar-refractivity contribution is -0.140. The summed E-state index contributed by atoms with van der Waals surface area (Å²) in [5.41, 5.74) is 1.29. The van der Waals surface area contributed by atoms with E-state index in [1.54, 1.807) is 24.3 Å². The molecule has 2 aromatic rings. The molecular formula is C21H25F3N2O3S. The third kappa shape index (κ3) is 5.98. The normalized spacial score (nSPS) is 11.9. The minimum absolute atomic E-state index is 0.0604. The number of anilines is 1. The summed E-state index contributed by atoms with van der Waals surface area (Å²) in [4.78, 5) is 13.2. The molecule has 0 aliphatic heterocycles. The smallest absolute Gasteiger partial charge is 0.330 e. The van der Waals surface area contributed by atoms with Crippen molar-refractivity contribution in [2.45, 2.75) is 37.8 Å². The zero-order valence-corrected chi connectivity index (χ0v) is 17.9. The highest BCUT2D eigenvalue weighted by atomic mass is 32.2. The van der Waals surface area contributed by atoms with E-state index in [-0.39, 0.29) is 17.0 Å². The summed E-state index contributed by atoms with van der Waals surface area (Å²) in [6.45, 7) is 2.24. The number of sulfonamides is 1. The Balaban J connectivity index is 2.35. The van der Waals surface area contributed by atoms with E-state index in [0.29, 0.717) is 23.4 Å². The van der Waals surface area contributed by atoms with Crippen molar-refractivity contribution in [3.05, 3.63) is 59.7 Å². The second-order valence-corrected chi connectivity index (χ2v) is 9.00. The standard InChI is InChI=1S/C21H25F3N2O3S/c1-4-5-13-26(15-21(22,23)24)20(27)17-7-6-8-19(14-17)30(28,29)25(3)18-11-9-16(2)10-12-18/h6-12,14H,4-5,13,15H2,1-3H3. The van der Waals surface area contributed by atoms with Crippen molar-refractivity contribution < 1.29 is 26.4 Å². The molecule has 0 saturated heterocycles. The molecule has 9 heteroatoms. The number of alkyl halides is 3. The molecule has 5 nitrogen and oxygen atoms in total. The van der Waals surface area contributed by atoms with Gasteiger partial charge in [0.05, 0.1) is 10.6 Å². The van der Waals surface area contributed by atoms with Crippen LogP contribution in [0.1, 0.15) is 35.7 Å². The van der Waals surface area contributed by atoms with Crippen molar-refractivity contribution in [1.82, 2.24) is 4.90 Å². The van der Waals surface area contributed by atoms with E-state index in [2.05, 4.69) is 0 Å². The number of rotatable bonds is 8. The van der Waals surface area contributed by atoms with Crippen LogP contribution >= 0.6 is 0 Å². The van der Waals surface area contributed by atoms with Crippen molar-refractivity contribution >= 4 is 21.6 Å². The van der Waals surface area contributed by atoms with Crippen LogP contribution < -0.4 is 4.31 Å². The number of unbranched alkanes of at least 4 members (excludes halogenated alkanes) is 1. The average Bonchev–Trinajstić information content (AvgIpc) is 2.70. The summed E-state index contributed by atoms with van der Waals surface area (Å²) in [6.07, 6.45) is -3.51. The molecule has 0 aliphatic carbocycles. The van der Waals surface area contributed by atoms with E-state index in [1.165, 1.54) is 25.2 Å². The van der Waals surface area contributed by atoms with Gasteiger partial charge in [0.2, 0.25) is 0 Å². The molecule has 0 fully saturated rings. The van der Waals surface area contributed by atoms with Gasteiger partial charge in [-0.25, -0.2) is 8.42 Å². The van der Waals surface area contributed by atoms with Gasteiger partial charge in [0, 0.05) is 19.2 Å². The van der Waals surface area contributed by atoms with Crippen LogP contribution in [0, 0.1) is 6.92 Å². The van der Waals surface area contributed by atoms with E-state index in [4.69, 9.17) is 0 Å². The summed E-state index contributed by atoms with van der Waals surface area (Å²) >= 11 is 0. The topological polar surface area (TPSA) is 57.7 Å². The van der Waals surface area contributed by atoms with E-state index < -0.39 is 28.7 Å². The number of benzene rings is 2. The average molecular weight is 443 g/mol. The van der Waals surface area contributed by atoms with Gasteiger partial charge in [0.1, 0.15) is 6.54 Å². The Bertz CT molecular complexity index is 974. The van der Waals surface area contributed by atoms with Crippen molar-refractivity contribution in [3.8, 4) is 0 Å². The molecule has 2 rings (SSSR count). The van der Waals surface area contributed by atoms with Crippen molar-refractivity contribution in [2.75, 3.05) is 24.4 Å². The monoisotopic (exact) mass is 442 g/mol. The van der Waals surface area contributed by atoms with Gasteiger partial charge in [-0.15, -0.1) is 0 Å². The molecule has 0 bridgehead atoms. The van der Waals surface area contributed by atoms with Gasteiger partial charge in [-0.05, 0) is 43.7 Å². The second-order valence-electron chi connectivity index (χ2n) is 7.03. The van der Waals surface area contributed by atoms with Crippen LogP contribution in [0.4, 0.5) is 18.9 Å². The van der Waals surface area contributed by atoms with Crippen molar-refractivity contribution in [3.63, 3.8) is 0 Å². The van der Waals surface area contributed by atoms with Crippen LogP contribution in [0.2, 0.25) is 0 Å². The van der Waals surface area contributed by atoms with E-state index in [0.717, 1.165) is 15.9 Å². The maximum absolute atomic E-state index is 13.0. The molecule has 0 unspecified atom stereocenters. The molecule has 164 valence electrons. The van der Waals surface area contributed by atoms with Gasteiger partial charge in [-0.2, -0.15) is 13.2 Å². The highest BCUT2D eigenvalue weighted by Crippen LogP contribution is 2.24. The third-order valence-corrected chi connectivity index (χ3v) is 6.36. The fourth-order valence-corrected chi connectivity index (χ4v) is 4.08. The predicted octanol–water partition coefficient (Wildman–Crippen LogP) is 4.62. The Morgan fingerprint density at radius 3 is 2.27 bits per heavy atom. The maximum atomic E-state index is 13.0. The van der Waals surface area contributed by atoms with E-state index >= 15 is 0 Å². The number of hydrogen-bond donors (Lipinski definition) is 0. The van der Waals surface area contributed by atoms with Crippen LogP contribution in [-0.2, 0) is 10.0 Å². The van der Waals surface area contributed by atoms with Crippen LogP contribution in [-0.4, -0.2) is 45.5 Å². The Hall–Kier alpha value is -2.55. The van der Waals surface area contributed by atoms with Crippen molar-refractivity contribution in [2.24, 2.45) is 0 Å². The first-order valence-corrected chi connectivity index (χ1v) is 10.9. The fourth-order valence-electron chi connectivity index (χ4n) is 2.84. The second kappa shape index (κ2) is 9.51. The molecule has 0 aliphatic rings. The van der Waals surface area contributed by atoms with Gasteiger partial charge in [0.15, 0.2) is 0 Å². The first kappa shape index (κ1) is 23.7. The number of halogens is 3. The number of amides is 1. The number of carbonyl (C=O) groups excluding carboxylic acids is 1. The number of carbonyl (C=O) groups is 1. The number of aryl methyl sites for hydroxylation is 1. The number of nitrogens with zero attached hydrogens (tertiary/aromatic N) is 2. The zero-order valence-electron chi connectivity index (χ0n) is 17.1. The lowest BCUT2D eigenvalue weighted by Gasteiger charge is -2.24. The molecule has 0 aromatic heterocycles. The van der Waals surface area contributed by atoms with Gasteiger partial charge < -0.3 is 4.90 Å². The van der Waals surface area contributed by atoms with Crippen LogP contribution in [0.3, 0.4) is 0 Å². The first-order valence-electron chi connectivity index (χ1n) is 9.47. The van der Waals surface area contributed by atoms with Crippen LogP contribution in [0.25, 0.3) is 0 Å².